The first kappa shape index (κ1) is 17.9. The van der Waals surface area contributed by atoms with Gasteiger partial charge in [-0.25, -0.2) is 4.79 Å². The van der Waals surface area contributed by atoms with Crippen LogP contribution in [0.4, 0.5) is 10.5 Å². The van der Waals surface area contributed by atoms with Crippen molar-refractivity contribution in [2.45, 2.75) is 50.3 Å². The lowest BCUT2D eigenvalue weighted by Gasteiger charge is -2.20. The number of anilines is 1. The van der Waals surface area contributed by atoms with E-state index in [0.717, 1.165) is 5.69 Å². The number of aliphatic hydroxyl groups excluding tert-OH is 1. The van der Waals surface area contributed by atoms with E-state index in [1.54, 1.807) is 11.8 Å². The molecular formula is C16H26N2O2S. The number of nitrogens with one attached hydrogen (secondary N) is 2. The summed E-state index contributed by atoms with van der Waals surface area (Å²) in [4.78, 5) is 13.0. The van der Waals surface area contributed by atoms with Crippen LogP contribution in [0.15, 0.2) is 29.2 Å². The second kappa shape index (κ2) is 7.71. The minimum absolute atomic E-state index is 0.0290. The van der Waals surface area contributed by atoms with E-state index >= 15 is 0 Å². The normalized spacial score (nSPS) is 14.4. The van der Waals surface area contributed by atoms with Gasteiger partial charge in [0.25, 0.3) is 0 Å². The van der Waals surface area contributed by atoms with Gasteiger partial charge in [-0.1, -0.05) is 27.7 Å². The van der Waals surface area contributed by atoms with E-state index in [0.29, 0.717) is 0 Å². The van der Waals surface area contributed by atoms with Gasteiger partial charge >= 0.3 is 6.03 Å². The third-order valence-electron chi connectivity index (χ3n) is 3.04. The molecule has 3 N–H and O–H groups in total. The van der Waals surface area contributed by atoms with E-state index in [9.17, 15) is 4.79 Å². The van der Waals surface area contributed by atoms with E-state index in [4.69, 9.17) is 5.11 Å². The van der Waals surface area contributed by atoms with Gasteiger partial charge in [-0.3, -0.25) is 0 Å². The molecule has 1 aromatic carbocycles. The van der Waals surface area contributed by atoms with Gasteiger partial charge in [-0.2, -0.15) is 0 Å². The van der Waals surface area contributed by atoms with Gasteiger partial charge in [0.15, 0.2) is 0 Å². The molecule has 0 heterocycles. The molecule has 0 spiro atoms. The van der Waals surface area contributed by atoms with Gasteiger partial charge in [-0.05, 0) is 37.1 Å². The summed E-state index contributed by atoms with van der Waals surface area (Å²) >= 11 is 1.79. The first-order valence-corrected chi connectivity index (χ1v) is 8.00. The van der Waals surface area contributed by atoms with E-state index in [1.165, 1.54) is 4.90 Å². The van der Waals surface area contributed by atoms with Crippen LogP contribution in [0.5, 0.6) is 0 Å². The van der Waals surface area contributed by atoms with Crippen molar-refractivity contribution >= 4 is 23.5 Å². The van der Waals surface area contributed by atoms with Crippen molar-refractivity contribution in [3.63, 3.8) is 0 Å². The highest BCUT2D eigenvalue weighted by Gasteiger charge is 2.14. The van der Waals surface area contributed by atoms with Gasteiger partial charge in [0.1, 0.15) is 0 Å². The van der Waals surface area contributed by atoms with Crippen LogP contribution >= 0.6 is 11.8 Å². The lowest BCUT2D eigenvalue weighted by atomic mass is 10.1. The highest BCUT2D eigenvalue weighted by Crippen LogP contribution is 2.32. The van der Waals surface area contributed by atoms with Crippen molar-refractivity contribution in [2.24, 2.45) is 5.92 Å². The molecule has 4 nitrogen and oxygen atoms in total. The maximum Gasteiger partial charge on any atom is 0.319 e. The SMILES string of the molecule is CC(CO)C(C)NC(=O)Nc1ccc(SC(C)(C)C)cc1. The topological polar surface area (TPSA) is 61.4 Å². The summed E-state index contributed by atoms with van der Waals surface area (Å²) < 4.78 is 0.169. The van der Waals surface area contributed by atoms with E-state index in [2.05, 4.69) is 31.4 Å². The average Bonchev–Trinajstić information content (AvgIpc) is 2.38. The van der Waals surface area contributed by atoms with Crippen molar-refractivity contribution in [2.75, 3.05) is 11.9 Å². The van der Waals surface area contributed by atoms with Gasteiger partial charge in [0.05, 0.1) is 0 Å². The lowest BCUT2D eigenvalue weighted by Crippen LogP contribution is -2.40. The van der Waals surface area contributed by atoms with E-state index in [1.807, 2.05) is 38.1 Å². The second-order valence-corrected chi connectivity index (χ2v) is 8.19. The summed E-state index contributed by atoms with van der Waals surface area (Å²) in [5.74, 6) is 0.0290. The molecule has 0 aromatic heterocycles. The molecule has 2 unspecified atom stereocenters. The van der Waals surface area contributed by atoms with E-state index in [-0.39, 0.29) is 29.3 Å². The lowest BCUT2D eigenvalue weighted by molar-refractivity contribution is 0.204. The Morgan fingerprint density at radius 2 is 1.81 bits per heavy atom. The number of carbonyl (C=O) groups is 1. The molecule has 5 heteroatoms. The second-order valence-electron chi connectivity index (χ2n) is 6.29. The monoisotopic (exact) mass is 310 g/mol. The maximum atomic E-state index is 11.8. The number of carbonyl (C=O) groups excluding carboxylic acids is 1. The van der Waals surface area contributed by atoms with Crippen molar-refractivity contribution < 1.29 is 9.90 Å². The molecule has 118 valence electrons. The standard InChI is InChI=1S/C16H26N2O2S/c1-11(10-19)12(2)17-15(20)18-13-6-8-14(9-7-13)21-16(3,4)5/h6-9,11-12,19H,10H2,1-5H3,(H2,17,18,20). The largest absolute Gasteiger partial charge is 0.396 e. The van der Waals surface area contributed by atoms with Crippen LogP contribution in [0.3, 0.4) is 0 Å². The molecule has 0 saturated heterocycles. The first-order valence-electron chi connectivity index (χ1n) is 7.18. The average molecular weight is 310 g/mol. The Bertz CT molecular complexity index is 454. The quantitative estimate of drug-likeness (QED) is 0.726. The molecule has 0 aliphatic heterocycles. The summed E-state index contributed by atoms with van der Waals surface area (Å²) in [6.07, 6.45) is 0. The Morgan fingerprint density at radius 3 is 2.29 bits per heavy atom. The van der Waals surface area contributed by atoms with Crippen LogP contribution in [0.25, 0.3) is 0 Å². The fraction of sp³-hybridized carbons (Fsp3) is 0.562. The highest BCUT2D eigenvalue weighted by molar-refractivity contribution is 8.00. The molecular weight excluding hydrogens is 284 g/mol. The predicted molar refractivity (Wildman–Crippen MR) is 89.9 cm³/mol. The zero-order valence-electron chi connectivity index (χ0n) is 13.4. The summed E-state index contributed by atoms with van der Waals surface area (Å²) in [6, 6.07) is 7.47. The molecule has 1 aromatic rings. The number of aliphatic hydroxyl groups is 1. The molecule has 1 rings (SSSR count). The first-order chi connectivity index (χ1) is 9.71. The number of urea groups is 1. The van der Waals surface area contributed by atoms with Gasteiger partial charge in [-0.15, -0.1) is 11.8 Å². The van der Waals surface area contributed by atoms with Gasteiger partial charge < -0.3 is 15.7 Å². The van der Waals surface area contributed by atoms with Crippen LogP contribution in [-0.2, 0) is 0 Å². The van der Waals surface area contributed by atoms with Crippen molar-refractivity contribution in [1.29, 1.82) is 0 Å². The van der Waals surface area contributed by atoms with Crippen LogP contribution in [0.2, 0.25) is 0 Å². The summed E-state index contributed by atoms with van der Waals surface area (Å²) in [7, 11) is 0. The molecule has 2 amide bonds. The highest BCUT2D eigenvalue weighted by atomic mass is 32.2. The fourth-order valence-corrected chi connectivity index (χ4v) is 2.61. The number of hydrogen-bond acceptors (Lipinski definition) is 3. The Kier molecular flexibility index (Phi) is 6.55. The Hall–Kier alpha value is -1.20. The summed E-state index contributed by atoms with van der Waals surface area (Å²) in [6.45, 7) is 10.3. The zero-order valence-corrected chi connectivity index (χ0v) is 14.3. The van der Waals surface area contributed by atoms with Gasteiger partial charge in [0.2, 0.25) is 0 Å². The molecule has 21 heavy (non-hydrogen) atoms. The predicted octanol–water partition coefficient (Wildman–Crippen LogP) is 3.72. The minimum Gasteiger partial charge on any atom is -0.396 e. The third-order valence-corrected chi connectivity index (χ3v) is 4.16. The summed E-state index contributed by atoms with van der Waals surface area (Å²) in [5.41, 5.74) is 0.759. The molecule has 2 atom stereocenters. The Balaban J connectivity index is 2.54. The number of benzene rings is 1. The molecule has 0 fully saturated rings. The molecule has 0 bridgehead atoms. The van der Waals surface area contributed by atoms with Crippen molar-refractivity contribution in [1.82, 2.24) is 5.32 Å². The number of thioether (sulfide) groups is 1. The van der Waals surface area contributed by atoms with Crippen LogP contribution in [0, 0.1) is 5.92 Å². The van der Waals surface area contributed by atoms with Crippen LogP contribution in [0.1, 0.15) is 34.6 Å². The van der Waals surface area contributed by atoms with Crippen molar-refractivity contribution in [3.8, 4) is 0 Å². The van der Waals surface area contributed by atoms with Gasteiger partial charge in [0, 0.05) is 28.0 Å². The smallest absolute Gasteiger partial charge is 0.319 e. The Morgan fingerprint density at radius 1 is 1.24 bits per heavy atom. The third kappa shape index (κ3) is 6.87. The molecule has 0 radical (unpaired) electrons. The Labute approximate surface area is 131 Å². The maximum absolute atomic E-state index is 11.8. The molecule has 0 aliphatic carbocycles. The number of rotatable bonds is 5. The minimum atomic E-state index is -0.251. The van der Waals surface area contributed by atoms with Crippen LogP contribution < -0.4 is 10.6 Å². The molecule has 0 aliphatic rings. The summed E-state index contributed by atoms with van der Waals surface area (Å²) in [5, 5.41) is 14.7. The van der Waals surface area contributed by atoms with E-state index < -0.39 is 0 Å². The van der Waals surface area contributed by atoms with Crippen LogP contribution in [-0.4, -0.2) is 28.5 Å². The fourth-order valence-electron chi connectivity index (χ4n) is 1.63. The number of amides is 2. The number of hydrogen-bond donors (Lipinski definition) is 3. The zero-order chi connectivity index (χ0) is 16.0. The molecule has 0 saturated carbocycles. The van der Waals surface area contributed by atoms with Crippen molar-refractivity contribution in [3.05, 3.63) is 24.3 Å².